The SMILES string of the molecule is CC(C)(c1ccc(OCOc2ccccc2)cc1)c1ccc(OC(Oc2ccccc2)Oc2ccc(C#N)cc2)cc1. The van der Waals surface area contributed by atoms with Crippen molar-refractivity contribution < 1.29 is 23.7 Å². The van der Waals surface area contributed by atoms with E-state index in [9.17, 15) is 0 Å². The van der Waals surface area contributed by atoms with E-state index >= 15 is 0 Å². The summed E-state index contributed by atoms with van der Waals surface area (Å²) < 4.78 is 29.4. The molecule has 0 heterocycles. The molecule has 0 aromatic heterocycles. The molecular formula is C36H31NO5. The van der Waals surface area contributed by atoms with Crippen LogP contribution in [-0.2, 0) is 5.41 Å². The molecule has 6 nitrogen and oxygen atoms in total. The average molecular weight is 558 g/mol. The Morgan fingerprint density at radius 1 is 0.524 bits per heavy atom. The first-order valence-electron chi connectivity index (χ1n) is 13.6. The van der Waals surface area contributed by atoms with E-state index in [1.54, 1.807) is 24.3 Å². The van der Waals surface area contributed by atoms with Crippen LogP contribution in [-0.4, -0.2) is 13.3 Å². The third kappa shape index (κ3) is 7.41. The van der Waals surface area contributed by atoms with Gasteiger partial charge in [0.2, 0.25) is 6.79 Å². The van der Waals surface area contributed by atoms with Crippen molar-refractivity contribution in [2.75, 3.05) is 6.79 Å². The maximum absolute atomic E-state index is 9.08. The van der Waals surface area contributed by atoms with Gasteiger partial charge >= 0.3 is 6.48 Å². The van der Waals surface area contributed by atoms with Gasteiger partial charge in [-0.3, -0.25) is 0 Å². The molecule has 5 aromatic rings. The highest BCUT2D eigenvalue weighted by Gasteiger charge is 2.24. The normalized spacial score (nSPS) is 11.5. The average Bonchev–Trinajstić information content (AvgIpc) is 3.03. The molecule has 42 heavy (non-hydrogen) atoms. The molecule has 0 radical (unpaired) electrons. The topological polar surface area (TPSA) is 69.9 Å². The lowest BCUT2D eigenvalue weighted by atomic mass is 9.78. The number of hydrogen-bond donors (Lipinski definition) is 0. The maximum atomic E-state index is 9.08. The summed E-state index contributed by atoms with van der Waals surface area (Å²) in [5.41, 5.74) is 2.53. The fraction of sp³-hybridized carbons (Fsp3) is 0.139. The maximum Gasteiger partial charge on any atom is 0.406 e. The van der Waals surface area contributed by atoms with Gasteiger partial charge < -0.3 is 23.7 Å². The van der Waals surface area contributed by atoms with Crippen LogP contribution in [0.4, 0.5) is 0 Å². The fourth-order valence-electron chi connectivity index (χ4n) is 4.28. The van der Waals surface area contributed by atoms with E-state index < -0.39 is 6.48 Å². The largest absolute Gasteiger partial charge is 0.458 e. The van der Waals surface area contributed by atoms with Gasteiger partial charge in [0.25, 0.3) is 0 Å². The summed E-state index contributed by atoms with van der Waals surface area (Å²) in [6.45, 7) is 3.44. The highest BCUT2D eigenvalue weighted by molar-refractivity contribution is 5.42. The molecule has 0 fully saturated rings. The molecule has 0 bridgehead atoms. The summed E-state index contributed by atoms with van der Waals surface area (Å²) in [5, 5.41) is 9.08. The Morgan fingerprint density at radius 3 is 1.38 bits per heavy atom. The molecule has 0 saturated heterocycles. The van der Waals surface area contributed by atoms with Crippen LogP contribution in [0.1, 0.15) is 30.5 Å². The van der Waals surface area contributed by atoms with Gasteiger partial charge in [-0.2, -0.15) is 5.26 Å². The third-order valence-corrected chi connectivity index (χ3v) is 6.77. The van der Waals surface area contributed by atoms with E-state index in [0.717, 1.165) is 22.6 Å². The summed E-state index contributed by atoms with van der Waals surface area (Å²) in [6, 6.07) is 43.7. The Hall–Kier alpha value is -5.41. The van der Waals surface area contributed by atoms with Crippen molar-refractivity contribution in [1.82, 2.24) is 0 Å². The predicted molar refractivity (Wildman–Crippen MR) is 161 cm³/mol. The molecule has 5 aromatic carbocycles. The van der Waals surface area contributed by atoms with E-state index in [1.165, 1.54) is 0 Å². The van der Waals surface area contributed by atoms with E-state index in [2.05, 4.69) is 32.0 Å². The summed E-state index contributed by atoms with van der Waals surface area (Å²) >= 11 is 0. The molecule has 0 amide bonds. The molecule has 210 valence electrons. The quantitative estimate of drug-likeness (QED) is 0.144. The summed E-state index contributed by atoms with van der Waals surface area (Å²) in [4.78, 5) is 0. The van der Waals surface area contributed by atoms with Crippen molar-refractivity contribution in [3.8, 4) is 34.8 Å². The van der Waals surface area contributed by atoms with Gasteiger partial charge in [-0.1, -0.05) is 74.5 Å². The van der Waals surface area contributed by atoms with Gasteiger partial charge in [-0.25, -0.2) is 0 Å². The third-order valence-electron chi connectivity index (χ3n) is 6.77. The smallest absolute Gasteiger partial charge is 0.406 e. The highest BCUT2D eigenvalue weighted by Crippen LogP contribution is 2.33. The van der Waals surface area contributed by atoms with Gasteiger partial charge in [0, 0.05) is 5.41 Å². The standard InChI is InChI=1S/C36H31NO5/c1-36(2,28-15-21-31(22-16-28)39-26-38-30-9-5-3-6-10-30)29-17-23-34(24-18-29)42-35(40-32-11-7-4-8-12-32)41-33-19-13-27(25-37)14-20-33/h3-24,35H,26H2,1-2H3. The Morgan fingerprint density at radius 2 is 0.905 bits per heavy atom. The van der Waals surface area contributed by atoms with Crippen molar-refractivity contribution in [2.45, 2.75) is 25.7 Å². The van der Waals surface area contributed by atoms with E-state index in [0.29, 0.717) is 22.8 Å². The number of nitriles is 1. The van der Waals surface area contributed by atoms with E-state index in [4.69, 9.17) is 28.9 Å². The van der Waals surface area contributed by atoms with Crippen molar-refractivity contribution in [2.24, 2.45) is 0 Å². The minimum atomic E-state index is -1.04. The zero-order valence-corrected chi connectivity index (χ0v) is 23.5. The lowest BCUT2D eigenvalue weighted by Crippen LogP contribution is -2.30. The highest BCUT2D eigenvalue weighted by atomic mass is 16.8. The molecule has 0 saturated carbocycles. The van der Waals surface area contributed by atoms with E-state index in [-0.39, 0.29) is 12.2 Å². The lowest BCUT2D eigenvalue weighted by Gasteiger charge is -2.27. The van der Waals surface area contributed by atoms with Gasteiger partial charge in [0.15, 0.2) is 0 Å². The van der Waals surface area contributed by atoms with Crippen LogP contribution >= 0.6 is 0 Å². The molecule has 6 heteroatoms. The second-order valence-electron chi connectivity index (χ2n) is 9.98. The predicted octanol–water partition coefficient (Wildman–Crippen LogP) is 8.12. The van der Waals surface area contributed by atoms with Gasteiger partial charge in [0.05, 0.1) is 11.6 Å². The molecule has 1 atom stereocenters. The minimum absolute atomic E-state index is 0.137. The number of para-hydroxylation sites is 2. The fourth-order valence-corrected chi connectivity index (χ4v) is 4.28. The van der Waals surface area contributed by atoms with Gasteiger partial charge in [0.1, 0.15) is 28.7 Å². The number of benzene rings is 5. The number of rotatable bonds is 12. The Bertz CT molecular complexity index is 1580. The van der Waals surface area contributed by atoms with Crippen molar-refractivity contribution >= 4 is 0 Å². The van der Waals surface area contributed by atoms with Crippen LogP contribution in [0.15, 0.2) is 133 Å². The zero-order chi connectivity index (χ0) is 29.2. The van der Waals surface area contributed by atoms with Crippen LogP contribution in [0.3, 0.4) is 0 Å². The van der Waals surface area contributed by atoms with Crippen LogP contribution in [0.2, 0.25) is 0 Å². The summed E-state index contributed by atoms with van der Waals surface area (Å²) in [7, 11) is 0. The second-order valence-corrected chi connectivity index (χ2v) is 9.98. The van der Waals surface area contributed by atoms with E-state index in [1.807, 2.05) is 97.1 Å². The molecule has 0 N–H and O–H groups in total. The Balaban J connectivity index is 1.24. The van der Waals surface area contributed by atoms with Crippen molar-refractivity contribution in [1.29, 1.82) is 5.26 Å². The summed E-state index contributed by atoms with van der Waals surface area (Å²) in [6.07, 6.45) is 0. The van der Waals surface area contributed by atoms with Crippen molar-refractivity contribution in [3.63, 3.8) is 0 Å². The number of hydrogen-bond acceptors (Lipinski definition) is 6. The number of ether oxygens (including phenoxy) is 5. The summed E-state index contributed by atoms with van der Waals surface area (Å²) in [5.74, 6) is 3.22. The van der Waals surface area contributed by atoms with Crippen LogP contribution in [0.25, 0.3) is 0 Å². The second kappa shape index (κ2) is 13.3. The van der Waals surface area contributed by atoms with Gasteiger partial charge in [-0.15, -0.1) is 0 Å². The molecular weight excluding hydrogens is 526 g/mol. The molecule has 0 aliphatic rings. The molecule has 0 spiro atoms. The van der Waals surface area contributed by atoms with Gasteiger partial charge in [-0.05, 0) is 83.9 Å². The first-order chi connectivity index (χ1) is 20.5. The molecule has 0 aliphatic carbocycles. The number of nitrogens with zero attached hydrogens (tertiary/aromatic N) is 1. The van der Waals surface area contributed by atoms with Crippen molar-refractivity contribution in [3.05, 3.63) is 150 Å². The van der Waals surface area contributed by atoms with Crippen LogP contribution in [0, 0.1) is 11.3 Å². The monoisotopic (exact) mass is 557 g/mol. The molecule has 5 rings (SSSR count). The minimum Gasteiger partial charge on any atom is -0.458 e. The Labute approximate surface area is 246 Å². The van der Waals surface area contributed by atoms with Crippen LogP contribution in [0.5, 0.6) is 28.7 Å². The first-order valence-corrected chi connectivity index (χ1v) is 13.6. The molecule has 1 unspecified atom stereocenters. The Kier molecular flexibility index (Phi) is 8.91. The first kappa shape index (κ1) is 28.1. The zero-order valence-electron chi connectivity index (χ0n) is 23.5. The molecule has 0 aliphatic heterocycles. The van der Waals surface area contributed by atoms with Crippen LogP contribution < -0.4 is 23.7 Å². The lowest BCUT2D eigenvalue weighted by molar-refractivity contribution is -0.140.